The van der Waals surface area contributed by atoms with Gasteiger partial charge in [-0.15, -0.1) is 0 Å². The monoisotopic (exact) mass is 312 g/mol. The van der Waals surface area contributed by atoms with Gasteiger partial charge in [-0.1, -0.05) is 27.5 Å². The van der Waals surface area contributed by atoms with Crippen molar-refractivity contribution in [3.8, 4) is 0 Å². The summed E-state index contributed by atoms with van der Waals surface area (Å²) in [6.07, 6.45) is 2.89. The van der Waals surface area contributed by atoms with Crippen molar-refractivity contribution >= 4 is 44.1 Å². The molecule has 2 aromatic rings. The molecule has 0 saturated carbocycles. The third-order valence-electron chi connectivity index (χ3n) is 2.65. The first-order valence-corrected chi connectivity index (χ1v) is 7.07. The number of aromatic nitrogens is 1. The van der Waals surface area contributed by atoms with E-state index in [1.54, 1.807) is 0 Å². The maximum absolute atomic E-state index is 5.96. The highest BCUT2D eigenvalue weighted by Gasteiger charge is 2.05. The summed E-state index contributed by atoms with van der Waals surface area (Å²) >= 11 is 9.41. The Balaban J connectivity index is 2.34. The van der Waals surface area contributed by atoms with Gasteiger partial charge in [0, 0.05) is 33.7 Å². The number of fused-ring (bicyclic) bond motifs is 1. The highest BCUT2D eigenvalue weighted by atomic mass is 79.9. The summed E-state index contributed by atoms with van der Waals surface area (Å²) in [6, 6.07) is 8.22. The second-order valence-electron chi connectivity index (χ2n) is 4.04. The summed E-state index contributed by atoms with van der Waals surface area (Å²) in [7, 11) is 0. The zero-order valence-corrected chi connectivity index (χ0v) is 11.9. The highest BCUT2D eigenvalue weighted by Crippen LogP contribution is 2.25. The summed E-state index contributed by atoms with van der Waals surface area (Å²) in [5.41, 5.74) is 2.04. The first kappa shape index (κ1) is 12.7. The van der Waals surface area contributed by atoms with E-state index in [0.29, 0.717) is 6.04 Å². The maximum Gasteiger partial charge on any atom is 0.0737 e. The van der Waals surface area contributed by atoms with Crippen LogP contribution >= 0.6 is 27.5 Å². The third-order valence-corrected chi connectivity index (χ3v) is 3.34. The van der Waals surface area contributed by atoms with E-state index >= 15 is 0 Å². The van der Waals surface area contributed by atoms with E-state index in [-0.39, 0.29) is 0 Å². The van der Waals surface area contributed by atoms with Crippen molar-refractivity contribution in [2.45, 2.75) is 19.4 Å². The number of rotatable bonds is 4. The molecule has 90 valence electrons. The minimum absolute atomic E-state index is 0.427. The third kappa shape index (κ3) is 3.11. The molecule has 0 radical (unpaired) electrons. The van der Waals surface area contributed by atoms with Crippen molar-refractivity contribution in [2.24, 2.45) is 0 Å². The Bertz CT molecular complexity index is 516. The molecule has 1 aromatic carbocycles. The summed E-state index contributed by atoms with van der Waals surface area (Å²) < 4.78 is 0. The topological polar surface area (TPSA) is 24.9 Å². The quantitative estimate of drug-likeness (QED) is 0.842. The molecular weight excluding hydrogens is 300 g/mol. The number of nitrogens with zero attached hydrogens (tertiary/aromatic N) is 1. The zero-order valence-electron chi connectivity index (χ0n) is 9.58. The molecule has 0 unspecified atom stereocenters. The van der Waals surface area contributed by atoms with Crippen LogP contribution in [-0.4, -0.2) is 16.4 Å². The molecule has 2 nitrogen and oxygen atoms in total. The summed E-state index contributed by atoms with van der Waals surface area (Å²) in [4.78, 5) is 4.32. The number of pyridine rings is 1. The van der Waals surface area contributed by atoms with Crippen LogP contribution in [0.5, 0.6) is 0 Å². The summed E-state index contributed by atoms with van der Waals surface area (Å²) in [5, 5.41) is 6.32. The van der Waals surface area contributed by atoms with Gasteiger partial charge in [-0.25, -0.2) is 0 Å². The molecule has 0 aliphatic carbocycles. The predicted octanol–water partition coefficient (Wildman–Crippen LogP) is 4.47. The van der Waals surface area contributed by atoms with Gasteiger partial charge in [-0.3, -0.25) is 4.98 Å². The van der Waals surface area contributed by atoms with Crippen LogP contribution in [0.2, 0.25) is 5.02 Å². The molecule has 2 rings (SSSR count). The lowest BCUT2D eigenvalue weighted by molar-refractivity contribution is 0.776. The fourth-order valence-electron chi connectivity index (χ4n) is 1.75. The van der Waals surface area contributed by atoms with Crippen molar-refractivity contribution in [3.05, 3.63) is 35.5 Å². The van der Waals surface area contributed by atoms with Crippen molar-refractivity contribution < 1.29 is 0 Å². The molecule has 0 aliphatic heterocycles. The lowest BCUT2D eigenvalue weighted by atomic mass is 10.1. The number of halogens is 2. The van der Waals surface area contributed by atoms with E-state index in [4.69, 9.17) is 11.6 Å². The SMILES string of the molecule is C[C@@H](CCBr)Nc1ccnc2cc(Cl)ccc12. The zero-order chi connectivity index (χ0) is 12.3. The summed E-state index contributed by atoms with van der Waals surface area (Å²) in [6.45, 7) is 2.17. The van der Waals surface area contributed by atoms with Gasteiger partial charge in [0.1, 0.15) is 0 Å². The average Bonchev–Trinajstić information content (AvgIpc) is 2.29. The fraction of sp³-hybridized carbons (Fsp3) is 0.308. The van der Waals surface area contributed by atoms with Crippen molar-refractivity contribution in [3.63, 3.8) is 0 Å². The van der Waals surface area contributed by atoms with Gasteiger partial charge < -0.3 is 5.32 Å². The Morgan fingerprint density at radius 2 is 2.24 bits per heavy atom. The minimum Gasteiger partial charge on any atom is -0.382 e. The van der Waals surface area contributed by atoms with E-state index in [9.17, 15) is 0 Å². The van der Waals surface area contributed by atoms with Gasteiger partial charge in [0.25, 0.3) is 0 Å². The van der Waals surface area contributed by atoms with Crippen LogP contribution in [0.3, 0.4) is 0 Å². The molecule has 1 N–H and O–H groups in total. The number of benzene rings is 1. The van der Waals surface area contributed by atoms with E-state index in [2.05, 4.69) is 33.2 Å². The molecule has 1 atom stereocenters. The van der Waals surface area contributed by atoms with Crippen LogP contribution in [0.15, 0.2) is 30.5 Å². The molecule has 1 heterocycles. The normalized spacial score (nSPS) is 12.6. The molecule has 0 spiro atoms. The van der Waals surface area contributed by atoms with Crippen molar-refractivity contribution in [1.82, 2.24) is 4.98 Å². The Morgan fingerprint density at radius 3 is 3.00 bits per heavy atom. The van der Waals surface area contributed by atoms with Crippen molar-refractivity contribution in [1.29, 1.82) is 0 Å². The lowest BCUT2D eigenvalue weighted by Gasteiger charge is -2.15. The number of hydrogen-bond donors (Lipinski definition) is 1. The highest BCUT2D eigenvalue weighted by molar-refractivity contribution is 9.09. The van der Waals surface area contributed by atoms with Gasteiger partial charge in [0.05, 0.1) is 5.52 Å². The Kier molecular flexibility index (Phi) is 4.24. The predicted molar refractivity (Wildman–Crippen MR) is 78.2 cm³/mol. The summed E-state index contributed by atoms with van der Waals surface area (Å²) in [5.74, 6) is 0. The van der Waals surface area contributed by atoms with Gasteiger partial charge in [0.2, 0.25) is 0 Å². The largest absolute Gasteiger partial charge is 0.382 e. The van der Waals surface area contributed by atoms with Crippen LogP contribution in [0.1, 0.15) is 13.3 Å². The van der Waals surface area contributed by atoms with Crippen LogP contribution in [0.25, 0.3) is 10.9 Å². The van der Waals surface area contributed by atoms with Gasteiger partial charge >= 0.3 is 0 Å². The molecule has 4 heteroatoms. The van der Waals surface area contributed by atoms with Gasteiger partial charge in [-0.05, 0) is 37.6 Å². The van der Waals surface area contributed by atoms with E-state index in [1.165, 1.54) is 0 Å². The smallest absolute Gasteiger partial charge is 0.0737 e. The average molecular weight is 314 g/mol. The number of anilines is 1. The number of hydrogen-bond acceptors (Lipinski definition) is 2. The number of nitrogens with one attached hydrogen (secondary N) is 1. The van der Waals surface area contributed by atoms with E-state index in [1.807, 2.05) is 30.5 Å². The van der Waals surface area contributed by atoms with Crippen LogP contribution < -0.4 is 5.32 Å². The first-order chi connectivity index (χ1) is 8.20. The van der Waals surface area contributed by atoms with Gasteiger partial charge in [-0.2, -0.15) is 0 Å². The molecule has 0 saturated heterocycles. The van der Waals surface area contributed by atoms with Gasteiger partial charge in [0.15, 0.2) is 0 Å². The first-order valence-electron chi connectivity index (χ1n) is 5.57. The Labute approximate surface area is 115 Å². The lowest BCUT2D eigenvalue weighted by Crippen LogP contribution is -2.15. The molecule has 0 fully saturated rings. The molecule has 1 aromatic heterocycles. The van der Waals surface area contributed by atoms with Crippen LogP contribution in [0.4, 0.5) is 5.69 Å². The van der Waals surface area contributed by atoms with Crippen LogP contribution in [0, 0.1) is 0 Å². The fourth-order valence-corrected chi connectivity index (χ4v) is 2.60. The molecule has 0 bridgehead atoms. The Morgan fingerprint density at radius 1 is 1.41 bits per heavy atom. The second-order valence-corrected chi connectivity index (χ2v) is 5.27. The van der Waals surface area contributed by atoms with E-state index in [0.717, 1.165) is 33.4 Å². The number of alkyl halides is 1. The Hall–Kier alpha value is -0.800. The standard InChI is InChI=1S/C13H14BrClN2/c1-9(4-6-14)17-12-5-7-16-13-8-10(15)2-3-11(12)13/h2-3,5,7-9H,4,6H2,1H3,(H,16,17)/t9-/m0/s1. The molecule has 17 heavy (non-hydrogen) atoms. The molecular formula is C13H14BrClN2. The molecule has 0 amide bonds. The molecule has 0 aliphatic rings. The maximum atomic E-state index is 5.96. The van der Waals surface area contributed by atoms with Crippen molar-refractivity contribution in [2.75, 3.05) is 10.6 Å². The minimum atomic E-state index is 0.427. The van der Waals surface area contributed by atoms with Crippen LogP contribution in [-0.2, 0) is 0 Å². The van der Waals surface area contributed by atoms with E-state index < -0.39 is 0 Å². The second kappa shape index (κ2) is 5.69.